The smallest absolute Gasteiger partial charge is 0.335 e. The number of benzene rings is 1. The average Bonchev–Trinajstić information content (AvgIpc) is 2.29. The van der Waals surface area contributed by atoms with Crippen LogP contribution in [-0.2, 0) is 9.53 Å². The summed E-state index contributed by atoms with van der Waals surface area (Å²) in [7, 11) is 1.36. The first-order valence-electron chi connectivity index (χ1n) is 5.05. The number of methoxy groups -OCH3 is 1. The minimum Gasteiger partial charge on any atom is -0.478 e. The third kappa shape index (κ3) is 3.69. The molecule has 0 saturated carbocycles. The van der Waals surface area contributed by atoms with E-state index in [0.717, 1.165) is 0 Å². The molecule has 98 valence electrons. The number of ether oxygens (including phenoxy) is 1. The summed E-state index contributed by atoms with van der Waals surface area (Å²) >= 11 is 5.75. The van der Waals surface area contributed by atoms with Gasteiger partial charge in [0.1, 0.15) is 6.10 Å². The number of nitrogens with two attached hydrogens (primary N) is 1. The van der Waals surface area contributed by atoms with Crippen molar-refractivity contribution in [2.45, 2.75) is 6.10 Å². The number of hydrogen-bond donors (Lipinski definition) is 3. The lowest BCUT2D eigenvalue weighted by Gasteiger charge is -2.13. The summed E-state index contributed by atoms with van der Waals surface area (Å²) in [5, 5.41) is 11.6. The summed E-state index contributed by atoms with van der Waals surface area (Å²) in [5.74, 6) is -1.59. The molecule has 0 radical (unpaired) electrons. The molecule has 0 aliphatic heterocycles. The number of carbonyl (C=O) groups is 2. The second kappa shape index (κ2) is 6.34. The van der Waals surface area contributed by atoms with Gasteiger partial charge in [0.25, 0.3) is 5.91 Å². The summed E-state index contributed by atoms with van der Waals surface area (Å²) in [6.07, 6.45) is -0.794. The van der Waals surface area contributed by atoms with Gasteiger partial charge < -0.3 is 20.9 Å². The molecule has 6 nitrogen and oxygen atoms in total. The zero-order chi connectivity index (χ0) is 13.7. The van der Waals surface area contributed by atoms with E-state index in [1.165, 1.54) is 25.3 Å². The molecule has 18 heavy (non-hydrogen) atoms. The molecular formula is C11H13ClN2O4. The topological polar surface area (TPSA) is 102 Å². The highest BCUT2D eigenvalue weighted by Crippen LogP contribution is 2.19. The van der Waals surface area contributed by atoms with Crippen LogP contribution in [0.2, 0.25) is 5.02 Å². The molecule has 0 aliphatic carbocycles. The third-order valence-corrected chi connectivity index (χ3v) is 2.42. The SMILES string of the molecule is COC(CN)C(=O)Nc1cc(Cl)cc(C(=O)O)c1. The van der Waals surface area contributed by atoms with Crippen LogP contribution in [0.5, 0.6) is 0 Å². The lowest BCUT2D eigenvalue weighted by molar-refractivity contribution is -0.125. The van der Waals surface area contributed by atoms with Gasteiger partial charge in [0, 0.05) is 24.4 Å². The maximum absolute atomic E-state index is 11.7. The number of carboxylic acids is 1. The predicted molar refractivity (Wildman–Crippen MR) is 66.9 cm³/mol. The van der Waals surface area contributed by atoms with Crippen molar-refractivity contribution in [3.8, 4) is 0 Å². The maximum Gasteiger partial charge on any atom is 0.335 e. The number of halogens is 1. The Balaban J connectivity index is 2.90. The second-order valence-electron chi connectivity index (χ2n) is 3.48. The molecule has 0 heterocycles. The van der Waals surface area contributed by atoms with Crippen LogP contribution in [0.25, 0.3) is 0 Å². The fraction of sp³-hybridized carbons (Fsp3) is 0.273. The largest absolute Gasteiger partial charge is 0.478 e. The normalized spacial score (nSPS) is 11.9. The Hall–Kier alpha value is -1.63. The molecule has 0 fully saturated rings. The Kier molecular flexibility index (Phi) is 5.08. The third-order valence-electron chi connectivity index (χ3n) is 2.20. The minimum absolute atomic E-state index is 0.0143. The molecule has 1 atom stereocenters. The zero-order valence-corrected chi connectivity index (χ0v) is 10.4. The van der Waals surface area contributed by atoms with Gasteiger partial charge in [-0.25, -0.2) is 4.79 Å². The second-order valence-corrected chi connectivity index (χ2v) is 3.92. The van der Waals surface area contributed by atoms with Crippen molar-refractivity contribution in [2.75, 3.05) is 19.0 Å². The highest BCUT2D eigenvalue weighted by atomic mass is 35.5. The van der Waals surface area contributed by atoms with Crippen LogP contribution >= 0.6 is 11.6 Å². The van der Waals surface area contributed by atoms with Gasteiger partial charge >= 0.3 is 5.97 Å². The molecular weight excluding hydrogens is 260 g/mol. The predicted octanol–water partition coefficient (Wildman–Crippen LogP) is 0.950. The average molecular weight is 273 g/mol. The lowest BCUT2D eigenvalue weighted by atomic mass is 10.2. The van der Waals surface area contributed by atoms with Crippen LogP contribution in [0, 0.1) is 0 Å². The molecule has 1 amide bonds. The molecule has 1 unspecified atom stereocenters. The number of rotatable bonds is 5. The van der Waals surface area contributed by atoms with Crippen molar-refractivity contribution < 1.29 is 19.4 Å². The van der Waals surface area contributed by atoms with Gasteiger partial charge in [0.05, 0.1) is 5.56 Å². The highest BCUT2D eigenvalue weighted by Gasteiger charge is 2.16. The number of aromatic carboxylic acids is 1. The maximum atomic E-state index is 11.7. The molecule has 0 spiro atoms. The molecule has 1 rings (SSSR count). The first-order chi connectivity index (χ1) is 8.47. The molecule has 7 heteroatoms. The molecule has 0 aromatic heterocycles. The van der Waals surface area contributed by atoms with Crippen LogP contribution in [-0.4, -0.2) is 36.7 Å². The van der Waals surface area contributed by atoms with Crippen LogP contribution in [0.15, 0.2) is 18.2 Å². The van der Waals surface area contributed by atoms with Gasteiger partial charge in [-0.1, -0.05) is 11.6 Å². The van der Waals surface area contributed by atoms with Crippen LogP contribution in [0.1, 0.15) is 10.4 Å². The standard InChI is InChI=1S/C11H13ClN2O4/c1-18-9(5-13)10(15)14-8-3-6(11(16)17)2-7(12)4-8/h2-4,9H,5,13H2,1H3,(H,14,15)(H,16,17). The quantitative estimate of drug-likeness (QED) is 0.741. The Bertz CT molecular complexity index is 460. The first-order valence-corrected chi connectivity index (χ1v) is 5.43. The molecule has 0 aliphatic rings. The summed E-state index contributed by atoms with van der Waals surface area (Å²) in [5.41, 5.74) is 5.60. The van der Waals surface area contributed by atoms with Crippen molar-refractivity contribution in [1.29, 1.82) is 0 Å². The van der Waals surface area contributed by atoms with Crippen molar-refractivity contribution in [3.05, 3.63) is 28.8 Å². The van der Waals surface area contributed by atoms with Crippen LogP contribution in [0.4, 0.5) is 5.69 Å². The van der Waals surface area contributed by atoms with E-state index in [1.807, 2.05) is 0 Å². The van der Waals surface area contributed by atoms with Gasteiger partial charge in [0.15, 0.2) is 0 Å². The Labute approximate surface area is 109 Å². The summed E-state index contributed by atoms with van der Waals surface area (Å²) < 4.78 is 4.86. The number of carboxylic acid groups (broad SMARTS) is 1. The van der Waals surface area contributed by atoms with Crippen molar-refractivity contribution >= 4 is 29.2 Å². The number of nitrogens with one attached hydrogen (secondary N) is 1. The van der Waals surface area contributed by atoms with E-state index < -0.39 is 18.0 Å². The highest BCUT2D eigenvalue weighted by molar-refractivity contribution is 6.31. The molecule has 0 bridgehead atoms. The number of amides is 1. The van der Waals surface area contributed by atoms with E-state index in [9.17, 15) is 9.59 Å². The van der Waals surface area contributed by atoms with Crippen molar-refractivity contribution in [1.82, 2.24) is 0 Å². The van der Waals surface area contributed by atoms with Crippen molar-refractivity contribution in [2.24, 2.45) is 5.73 Å². The van der Waals surface area contributed by atoms with Crippen LogP contribution in [0.3, 0.4) is 0 Å². The van der Waals surface area contributed by atoms with E-state index in [-0.39, 0.29) is 22.8 Å². The van der Waals surface area contributed by atoms with Gasteiger partial charge in [-0.2, -0.15) is 0 Å². The van der Waals surface area contributed by atoms with E-state index in [4.69, 9.17) is 27.2 Å². The summed E-state index contributed by atoms with van der Waals surface area (Å²) in [6, 6.07) is 4.03. The van der Waals surface area contributed by atoms with Gasteiger partial charge in [-0.3, -0.25) is 4.79 Å². The Morgan fingerprint density at radius 1 is 1.50 bits per heavy atom. The van der Waals surface area contributed by atoms with Crippen LogP contribution < -0.4 is 11.1 Å². The van der Waals surface area contributed by atoms with E-state index in [2.05, 4.69) is 5.32 Å². The van der Waals surface area contributed by atoms with Gasteiger partial charge in [-0.15, -0.1) is 0 Å². The van der Waals surface area contributed by atoms with Gasteiger partial charge in [0.2, 0.25) is 0 Å². The number of anilines is 1. The van der Waals surface area contributed by atoms with Gasteiger partial charge in [-0.05, 0) is 18.2 Å². The van der Waals surface area contributed by atoms with E-state index in [0.29, 0.717) is 0 Å². The number of hydrogen-bond acceptors (Lipinski definition) is 4. The monoisotopic (exact) mass is 272 g/mol. The van der Waals surface area contributed by atoms with Crippen molar-refractivity contribution in [3.63, 3.8) is 0 Å². The molecule has 1 aromatic carbocycles. The number of carbonyl (C=O) groups excluding carboxylic acids is 1. The summed E-state index contributed by atoms with van der Waals surface area (Å²) in [4.78, 5) is 22.5. The molecule has 4 N–H and O–H groups in total. The minimum atomic E-state index is -1.13. The Morgan fingerprint density at radius 3 is 2.67 bits per heavy atom. The Morgan fingerprint density at radius 2 is 2.17 bits per heavy atom. The van der Waals surface area contributed by atoms with E-state index >= 15 is 0 Å². The molecule has 1 aromatic rings. The first kappa shape index (κ1) is 14.4. The fourth-order valence-electron chi connectivity index (χ4n) is 1.32. The van der Waals surface area contributed by atoms with E-state index in [1.54, 1.807) is 0 Å². The lowest BCUT2D eigenvalue weighted by Crippen LogP contribution is -2.35. The summed E-state index contributed by atoms with van der Waals surface area (Å²) in [6.45, 7) is 0.0225. The zero-order valence-electron chi connectivity index (χ0n) is 9.64. The fourth-order valence-corrected chi connectivity index (χ4v) is 1.55. The molecule has 0 saturated heterocycles.